The van der Waals surface area contributed by atoms with Crippen LogP contribution in [0.15, 0.2) is 64.5 Å². The molecule has 25 heavy (non-hydrogen) atoms. The van der Waals surface area contributed by atoms with Crippen LogP contribution in [-0.4, -0.2) is 33.8 Å². The molecule has 1 aliphatic heterocycles. The third kappa shape index (κ3) is 3.80. The zero-order valence-electron chi connectivity index (χ0n) is 13.6. The summed E-state index contributed by atoms with van der Waals surface area (Å²) in [5.74, 6) is 0.0738. The Bertz CT molecular complexity index is 911. The van der Waals surface area contributed by atoms with Gasteiger partial charge in [0.15, 0.2) is 0 Å². The number of nitrogens with zero attached hydrogens (tertiary/aromatic N) is 2. The molecule has 2 N–H and O–H groups in total. The Balaban J connectivity index is 1.60. The van der Waals surface area contributed by atoms with Crippen molar-refractivity contribution in [3.05, 3.63) is 60.2 Å². The van der Waals surface area contributed by atoms with Crippen LogP contribution in [0.4, 0.5) is 5.69 Å². The third-order valence-electron chi connectivity index (χ3n) is 3.71. The average Bonchev–Trinajstić information content (AvgIpc) is 2.87. The molecule has 2 aromatic rings. The molecule has 7 nitrogen and oxygen atoms in total. The normalized spacial score (nSPS) is 16.1. The van der Waals surface area contributed by atoms with Gasteiger partial charge in [0.05, 0.1) is 17.1 Å². The Morgan fingerprint density at radius 2 is 1.80 bits per heavy atom. The Hall–Kier alpha value is -2.87. The van der Waals surface area contributed by atoms with E-state index in [1.807, 2.05) is 30.3 Å². The molecule has 3 rings (SSSR count). The SMILES string of the molecule is CN(NC(=O)CCN=C1NS(=O)(=O)c2ccccc21)c1ccccc1. The monoisotopic (exact) mass is 358 g/mol. The summed E-state index contributed by atoms with van der Waals surface area (Å²) in [5.41, 5.74) is 4.14. The zero-order valence-corrected chi connectivity index (χ0v) is 14.5. The minimum atomic E-state index is -3.55. The Kier molecular flexibility index (Phi) is 4.71. The lowest BCUT2D eigenvalue weighted by Gasteiger charge is -2.19. The number of rotatable bonds is 5. The number of aliphatic imine (C=N–C) groups is 1. The predicted octanol–water partition coefficient (Wildman–Crippen LogP) is 1.28. The highest BCUT2D eigenvalue weighted by Gasteiger charge is 2.29. The molecule has 1 amide bonds. The maximum Gasteiger partial charge on any atom is 0.263 e. The number of amidine groups is 1. The molecule has 1 heterocycles. The van der Waals surface area contributed by atoms with E-state index < -0.39 is 10.0 Å². The number of benzene rings is 2. The fourth-order valence-corrected chi connectivity index (χ4v) is 3.73. The minimum Gasteiger partial charge on any atom is -0.289 e. The summed E-state index contributed by atoms with van der Waals surface area (Å²) in [6.07, 6.45) is 0.143. The molecule has 2 aromatic carbocycles. The van der Waals surface area contributed by atoms with Gasteiger partial charge in [-0.15, -0.1) is 0 Å². The fourth-order valence-electron chi connectivity index (χ4n) is 2.48. The molecule has 0 saturated carbocycles. The number of nitrogens with one attached hydrogen (secondary N) is 2. The second-order valence-electron chi connectivity index (χ2n) is 5.51. The molecule has 0 aliphatic carbocycles. The van der Waals surface area contributed by atoms with Gasteiger partial charge in [-0.05, 0) is 24.3 Å². The Morgan fingerprint density at radius 1 is 1.12 bits per heavy atom. The predicted molar refractivity (Wildman–Crippen MR) is 95.8 cm³/mol. The molecule has 0 atom stereocenters. The van der Waals surface area contributed by atoms with Gasteiger partial charge in [0.1, 0.15) is 5.84 Å². The van der Waals surface area contributed by atoms with Crippen molar-refractivity contribution in [1.82, 2.24) is 10.1 Å². The zero-order chi connectivity index (χ0) is 17.9. The van der Waals surface area contributed by atoms with E-state index in [1.165, 1.54) is 6.07 Å². The molecule has 0 fully saturated rings. The largest absolute Gasteiger partial charge is 0.289 e. The maximum absolute atomic E-state index is 12.0. The summed E-state index contributed by atoms with van der Waals surface area (Å²) in [7, 11) is -1.80. The molecular formula is C17H18N4O3S. The van der Waals surface area contributed by atoms with Crippen molar-refractivity contribution in [2.75, 3.05) is 18.6 Å². The summed E-state index contributed by atoms with van der Waals surface area (Å²) >= 11 is 0. The Labute approximate surface area is 146 Å². The van der Waals surface area contributed by atoms with E-state index in [1.54, 1.807) is 30.3 Å². The van der Waals surface area contributed by atoms with E-state index in [9.17, 15) is 13.2 Å². The van der Waals surface area contributed by atoms with Crippen molar-refractivity contribution >= 4 is 27.5 Å². The minimum absolute atomic E-state index is 0.143. The summed E-state index contributed by atoms with van der Waals surface area (Å²) in [5, 5.41) is 1.63. The van der Waals surface area contributed by atoms with E-state index in [0.717, 1.165) is 5.69 Å². The number of anilines is 1. The van der Waals surface area contributed by atoms with Crippen LogP contribution in [0.2, 0.25) is 0 Å². The summed E-state index contributed by atoms with van der Waals surface area (Å²) in [6, 6.07) is 16.1. The Morgan fingerprint density at radius 3 is 2.56 bits per heavy atom. The molecule has 0 radical (unpaired) electrons. The van der Waals surface area contributed by atoms with Crippen LogP contribution < -0.4 is 15.2 Å². The van der Waals surface area contributed by atoms with E-state index in [2.05, 4.69) is 15.1 Å². The van der Waals surface area contributed by atoms with Crippen molar-refractivity contribution < 1.29 is 13.2 Å². The lowest BCUT2D eigenvalue weighted by Crippen LogP contribution is -2.39. The van der Waals surface area contributed by atoms with Gasteiger partial charge in [0, 0.05) is 19.0 Å². The van der Waals surface area contributed by atoms with Gasteiger partial charge in [-0.1, -0.05) is 30.3 Å². The molecule has 0 aromatic heterocycles. The lowest BCUT2D eigenvalue weighted by atomic mass is 10.2. The fraction of sp³-hybridized carbons (Fsp3) is 0.176. The molecule has 0 saturated heterocycles. The number of carbonyl (C=O) groups excluding carboxylic acids is 1. The molecule has 0 unspecified atom stereocenters. The van der Waals surface area contributed by atoms with Gasteiger partial charge in [-0.2, -0.15) is 0 Å². The molecular weight excluding hydrogens is 340 g/mol. The van der Waals surface area contributed by atoms with Gasteiger partial charge in [0.2, 0.25) is 5.91 Å². The highest BCUT2D eigenvalue weighted by atomic mass is 32.2. The van der Waals surface area contributed by atoms with Crippen LogP contribution in [0, 0.1) is 0 Å². The number of sulfonamides is 1. The van der Waals surface area contributed by atoms with Gasteiger partial charge in [-0.25, -0.2) is 8.42 Å². The summed E-state index contributed by atoms with van der Waals surface area (Å²) in [6.45, 7) is 0.181. The highest BCUT2D eigenvalue weighted by Crippen LogP contribution is 2.22. The maximum atomic E-state index is 12.0. The van der Waals surface area contributed by atoms with Crippen molar-refractivity contribution in [3.8, 4) is 0 Å². The van der Waals surface area contributed by atoms with E-state index in [0.29, 0.717) is 5.56 Å². The second kappa shape index (κ2) is 6.94. The van der Waals surface area contributed by atoms with Crippen LogP contribution in [0.3, 0.4) is 0 Å². The average molecular weight is 358 g/mol. The highest BCUT2D eigenvalue weighted by molar-refractivity contribution is 7.90. The van der Waals surface area contributed by atoms with Crippen molar-refractivity contribution in [2.45, 2.75) is 11.3 Å². The van der Waals surface area contributed by atoms with Crippen LogP contribution >= 0.6 is 0 Å². The van der Waals surface area contributed by atoms with Crippen molar-refractivity contribution in [1.29, 1.82) is 0 Å². The van der Waals surface area contributed by atoms with Crippen molar-refractivity contribution in [2.24, 2.45) is 4.99 Å². The number of hydrogen-bond donors (Lipinski definition) is 2. The smallest absolute Gasteiger partial charge is 0.263 e. The number of hydrogen-bond acceptors (Lipinski definition) is 5. The quantitative estimate of drug-likeness (QED) is 0.788. The van der Waals surface area contributed by atoms with Gasteiger partial charge in [0.25, 0.3) is 10.0 Å². The van der Waals surface area contributed by atoms with Crippen molar-refractivity contribution in [3.63, 3.8) is 0 Å². The van der Waals surface area contributed by atoms with Crippen LogP contribution in [0.25, 0.3) is 0 Å². The number of amides is 1. The molecule has 0 spiro atoms. The van der Waals surface area contributed by atoms with Crippen LogP contribution in [-0.2, 0) is 14.8 Å². The first-order valence-corrected chi connectivity index (χ1v) is 9.20. The lowest BCUT2D eigenvalue weighted by molar-refractivity contribution is -0.120. The van der Waals surface area contributed by atoms with E-state index >= 15 is 0 Å². The topological polar surface area (TPSA) is 90.9 Å². The first-order chi connectivity index (χ1) is 12.0. The van der Waals surface area contributed by atoms with Gasteiger partial charge < -0.3 is 0 Å². The van der Waals surface area contributed by atoms with Crippen LogP contribution in [0.1, 0.15) is 12.0 Å². The molecule has 8 heteroatoms. The summed E-state index contributed by atoms with van der Waals surface area (Å²) in [4.78, 5) is 16.5. The first-order valence-electron chi connectivity index (χ1n) is 7.72. The first kappa shape index (κ1) is 17.0. The third-order valence-corrected chi connectivity index (χ3v) is 5.10. The standard InChI is InChI=1S/C17H18N4O3S/c1-21(13-7-3-2-4-8-13)19-16(22)11-12-18-17-14-9-5-6-10-15(14)25(23,24)20-17/h2-10H,11-12H2,1H3,(H,18,20)(H,19,22). The molecule has 0 bridgehead atoms. The van der Waals surface area contributed by atoms with Gasteiger partial charge >= 0.3 is 0 Å². The number of fused-ring (bicyclic) bond motifs is 1. The van der Waals surface area contributed by atoms with E-state index in [4.69, 9.17) is 0 Å². The number of carbonyl (C=O) groups is 1. The van der Waals surface area contributed by atoms with E-state index in [-0.39, 0.29) is 29.6 Å². The van der Waals surface area contributed by atoms with Crippen LogP contribution in [0.5, 0.6) is 0 Å². The second-order valence-corrected chi connectivity index (χ2v) is 7.16. The van der Waals surface area contributed by atoms with Gasteiger partial charge in [-0.3, -0.25) is 24.9 Å². The number of para-hydroxylation sites is 1. The molecule has 130 valence electrons. The molecule has 1 aliphatic rings. The number of hydrazine groups is 1. The summed E-state index contributed by atoms with van der Waals surface area (Å²) < 4.78 is 26.4.